The average Bonchev–Trinajstić information content (AvgIpc) is 1.88. The molecule has 2 nitrogen and oxygen atoms in total. The molecular formula is C9H20N2. The van der Waals surface area contributed by atoms with Crippen LogP contribution in [-0.2, 0) is 0 Å². The first kappa shape index (κ1) is 10.5. The van der Waals surface area contributed by atoms with Crippen molar-refractivity contribution in [2.24, 2.45) is 11.3 Å². The maximum atomic E-state index is 7.71. The van der Waals surface area contributed by atoms with Crippen LogP contribution in [0, 0.1) is 16.7 Å². The van der Waals surface area contributed by atoms with Gasteiger partial charge in [0, 0.05) is 12.0 Å². The zero-order valence-corrected chi connectivity index (χ0v) is 8.28. The van der Waals surface area contributed by atoms with Crippen molar-refractivity contribution in [3.05, 3.63) is 0 Å². The van der Waals surface area contributed by atoms with Gasteiger partial charge in [-0.2, -0.15) is 0 Å². The van der Waals surface area contributed by atoms with Crippen LogP contribution in [0.2, 0.25) is 0 Å². The van der Waals surface area contributed by atoms with Gasteiger partial charge in [0.05, 0.1) is 5.84 Å². The molecule has 0 aromatic carbocycles. The van der Waals surface area contributed by atoms with Gasteiger partial charge in [-0.1, -0.05) is 27.7 Å². The molecule has 0 radical (unpaired) electrons. The van der Waals surface area contributed by atoms with E-state index in [0.29, 0.717) is 11.8 Å². The van der Waals surface area contributed by atoms with Crippen LogP contribution in [0.5, 0.6) is 0 Å². The molecule has 2 N–H and O–H groups in total. The maximum Gasteiger partial charge on any atom is 0.0991 e. The molecule has 0 aliphatic rings. The monoisotopic (exact) mass is 156 g/mol. The maximum absolute atomic E-state index is 7.71. The van der Waals surface area contributed by atoms with Crippen LogP contribution in [0.15, 0.2) is 0 Å². The Morgan fingerprint density at radius 2 is 1.91 bits per heavy atom. The van der Waals surface area contributed by atoms with E-state index in [-0.39, 0.29) is 5.41 Å². The molecule has 0 saturated heterocycles. The van der Waals surface area contributed by atoms with E-state index in [0.717, 1.165) is 6.54 Å². The summed E-state index contributed by atoms with van der Waals surface area (Å²) in [6.07, 6.45) is 0. The molecule has 0 aliphatic carbocycles. The van der Waals surface area contributed by atoms with E-state index in [1.54, 1.807) is 0 Å². The fourth-order valence-corrected chi connectivity index (χ4v) is 0.693. The topological polar surface area (TPSA) is 35.9 Å². The van der Waals surface area contributed by atoms with Crippen LogP contribution < -0.4 is 5.32 Å². The molecule has 0 unspecified atom stereocenters. The Balaban J connectivity index is 4.18. The zero-order chi connectivity index (χ0) is 9.07. The third-order valence-corrected chi connectivity index (χ3v) is 2.44. The smallest absolute Gasteiger partial charge is 0.0991 e. The van der Waals surface area contributed by atoms with Gasteiger partial charge in [-0.05, 0) is 12.8 Å². The highest BCUT2D eigenvalue weighted by Crippen LogP contribution is 2.25. The van der Waals surface area contributed by atoms with Crippen LogP contribution in [0.25, 0.3) is 0 Å². The van der Waals surface area contributed by atoms with Gasteiger partial charge in [0.2, 0.25) is 0 Å². The lowest BCUT2D eigenvalue weighted by Gasteiger charge is -2.30. The van der Waals surface area contributed by atoms with Crippen molar-refractivity contribution in [1.29, 1.82) is 5.41 Å². The molecule has 0 aromatic rings. The lowest BCUT2D eigenvalue weighted by atomic mass is 9.80. The third-order valence-electron chi connectivity index (χ3n) is 2.44. The highest BCUT2D eigenvalue weighted by atomic mass is 14.9. The van der Waals surface area contributed by atoms with Crippen molar-refractivity contribution in [3.63, 3.8) is 0 Å². The fourth-order valence-electron chi connectivity index (χ4n) is 0.693. The lowest BCUT2D eigenvalue weighted by Crippen LogP contribution is -2.39. The third kappa shape index (κ3) is 2.52. The van der Waals surface area contributed by atoms with Crippen molar-refractivity contribution in [2.45, 2.75) is 34.6 Å². The van der Waals surface area contributed by atoms with Gasteiger partial charge in [0.15, 0.2) is 0 Å². The summed E-state index contributed by atoms with van der Waals surface area (Å²) in [5.74, 6) is 1.16. The van der Waals surface area contributed by atoms with E-state index in [4.69, 9.17) is 5.41 Å². The normalized spacial score (nSPS) is 11.8. The second kappa shape index (κ2) is 3.74. The quantitative estimate of drug-likeness (QED) is 0.477. The Hall–Kier alpha value is -0.530. The summed E-state index contributed by atoms with van der Waals surface area (Å²) in [6, 6.07) is 0. The summed E-state index contributed by atoms with van der Waals surface area (Å²) >= 11 is 0. The van der Waals surface area contributed by atoms with E-state index in [1.165, 1.54) is 0 Å². The molecule has 0 heterocycles. The Labute approximate surface area is 69.9 Å². The Bertz CT molecular complexity index is 136. The highest BCUT2D eigenvalue weighted by Gasteiger charge is 2.26. The fraction of sp³-hybridized carbons (Fsp3) is 0.889. The van der Waals surface area contributed by atoms with E-state index in [2.05, 4.69) is 33.0 Å². The molecule has 0 aromatic heterocycles. The number of hydrogen-bond acceptors (Lipinski definition) is 1. The number of amidine groups is 1. The minimum absolute atomic E-state index is 0.0178. The van der Waals surface area contributed by atoms with Gasteiger partial charge in [-0.15, -0.1) is 0 Å². The van der Waals surface area contributed by atoms with E-state index < -0.39 is 0 Å². The minimum atomic E-state index is -0.0178. The summed E-state index contributed by atoms with van der Waals surface area (Å²) in [7, 11) is 0. The van der Waals surface area contributed by atoms with Crippen molar-refractivity contribution < 1.29 is 0 Å². The van der Waals surface area contributed by atoms with Crippen molar-refractivity contribution in [1.82, 2.24) is 5.32 Å². The minimum Gasteiger partial charge on any atom is -0.374 e. The zero-order valence-electron chi connectivity index (χ0n) is 8.28. The predicted molar refractivity (Wildman–Crippen MR) is 50.0 cm³/mol. The first-order chi connectivity index (χ1) is 4.92. The molecule has 0 spiro atoms. The lowest BCUT2D eigenvalue weighted by molar-refractivity contribution is 0.353. The summed E-state index contributed by atoms with van der Waals surface area (Å²) in [4.78, 5) is 0. The molecule has 0 amide bonds. The summed E-state index contributed by atoms with van der Waals surface area (Å²) < 4.78 is 0. The highest BCUT2D eigenvalue weighted by molar-refractivity contribution is 5.84. The van der Waals surface area contributed by atoms with Crippen LogP contribution in [-0.4, -0.2) is 12.4 Å². The van der Waals surface area contributed by atoms with Crippen LogP contribution in [0.4, 0.5) is 0 Å². The van der Waals surface area contributed by atoms with E-state index in [9.17, 15) is 0 Å². The van der Waals surface area contributed by atoms with E-state index >= 15 is 0 Å². The van der Waals surface area contributed by atoms with Crippen LogP contribution >= 0.6 is 0 Å². The van der Waals surface area contributed by atoms with Gasteiger partial charge >= 0.3 is 0 Å². The first-order valence-corrected chi connectivity index (χ1v) is 4.25. The standard InChI is InChI=1S/C9H20N2/c1-6-11-8(10)9(4,5)7(2)3/h7H,6H2,1-5H3,(H2,10,11). The van der Waals surface area contributed by atoms with Gasteiger partial charge in [-0.25, -0.2) is 0 Å². The van der Waals surface area contributed by atoms with Crippen LogP contribution in [0.1, 0.15) is 34.6 Å². The Kier molecular flexibility index (Phi) is 3.56. The summed E-state index contributed by atoms with van der Waals surface area (Å²) in [5, 5.41) is 10.8. The summed E-state index contributed by atoms with van der Waals surface area (Å²) in [6.45, 7) is 11.4. The molecular weight excluding hydrogens is 136 g/mol. The van der Waals surface area contributed by atoms with Gasteiger partial charge in [0.25, 0.3) is 0 Å². The van der Waals surface area contributed by atoms with E-state index in [1.807, 2.05) is 6.92 Å². The van der Waals surface area contributed by atoms with Crippen molar-refractivity contribution >= 4 is 5.84 Å². The molecule has 0 atom stereocenters. The largest absolute Gasteiger partial charge is 0.374 e. The summed E-state index contributed by atoms with van der Waals surface area (Å²) in [5.41, 5.74) is -0.0178. The van der Waals surface area contributed by atoms with Crippen molar-refractivity contribution in [3.8, 4) is 0 Å². The SMILES string of the molecule is CCNC(=N)C(C)(C)C(C)C. The average molecular weight is 156 g/mol. The Morgan fingerprint density at radius 1 is 1.45 bits per heavy atom. The Morgan fingerprint density at radius 3 is 2.18 bits per heavy atom. The molecule has 0 bridgehead atoms. The van der Waals surface area contributed by atoms with Crippen molar-refractivity contribution in [2.75, 3.05) is 6.54 Å². The number of rotatable bonds is 3. The predicted octanol–water partition coefficient (Wildman–Crippen LogP) is 2.26. The molecule has 0 saturated carbocycles. The molecule has 11 heavy (non-hydrogen) atoms. The first-order valence-electron chi connectivity index (χ1n) is 4.25. The number of nitrogens with one attached hydrogen (secondary N) is 2. The molecule has 2 heteroatoms. The van der Waals surface area contributed by atoms with Crippen LogP contribution in [0.3, 0.4) is 0 Å². The second-order valence-electron chi connectivity index (χ2n) is 3.78. The number of hydrogen-bond donors (Lipinski definition) is 2. The van der Waals surface area contributed by atoms with Gasteiger partial charge in [0.1, 0.15) is 0 Å². The van der Waals surface area contributed by atoms with Gasteiger partial charge < -0.3 is 5.32 Å². The molecule has 0 fully saturated rings. The molecule has 66 valence electrons. The van der Waals surface area contributed by atoms with Gasteiger partial charge in [-0.3, -0.25) is 5.41 Å². The second-order valence-corrected chi connectivity index (χ2v) is 3.78. The molecule has 0 aliphatic heterocycles. The molecule has 0 rings (SSSR count).